The molecule has 1 N–H and O–H groups in total. The highest BCUT2D eigenvalue weighted by atomic mass is 35.5. The number of nitrogens with one attached hydrogen (secondary N) is 1. The quantitative estimate of drug-likeness (QED) is 0.778. The van der Waals surface area contributed by atoms with Gasteiger partial charge < -0.3 is 14.8 Å². The van der Waals surface area contributed by atoms with E-state index in [0.717, 1.165) is 48.0 Å². The molecular weight excluding hydrogens is 262 g/mol. The molecule has 1 aromatic rings. The average Bonchev–Trinajstić information content (AvgIpc) is 2.43. The molecule has 0 bridgehead atoms. The van der Waals surface area contributed by atoms with Gasteiger partial charge in [0.05, 0.1) is 0 Å². The van der Waals surface area contributed by atoms with Crippen molar-refractivity contribution in [3.05, 3.63) is 22.7 Å². The molecule has 1 aromatic carbocycles. The van der Waals surface area contributed by atoms with E-state index in [4.69, 9.17) is 21.1 Å². The van der Waals surface area contributed by atoms with Crippen LogP contribution in [0.15, 0.2) is 12.1 Å². The monoisotopic (exact) mass is 283 g/mol. The van der Waals surface area contributed by atoms with Gasteiger partial charge in [0.25, 0.3) is 0 Å². The van der Waals surface area contributed by atoms with E-state index in [-0.39, 0.29) is 0 Å². The summed E-state index contributed by atoms with van der Waals surface area (Å²) in [5.41, 5.74) is 1.16. The van der Waals surface area contributed by atoms with Gasteiger partial charge in [0.2, 0.25) is 0 Å². The van der Waals surface area contributed by atoms with Crippen molar-refractivity contribution in [3.8, 4) is 11.5 Å². The number of aryl methyl sites for hydroxylation is 1. The van der Waals surface area contributed by atoms with Gasteiger partial charge in [0.1, 0.15) is 13.2 Å². The van der Waals surface area contributed by atoms with Crippen molar-refractivity contribution in [1.29, 1.82) is 0 Å². The van der Waals surface area contributed by atoms with E-state index >= 15 is 0 Å². The van der Waals surface area contributed by atoms with Gasteiger partial charge in [-0.3, -0.25) is 0 Å². The van der Waals surface area contributed by atoms with Crippen LogP contribution in [0.25, 0.3) is 0 Å². The van der Waals surface area contributed by atoms with Crippen molar-refractivity contribution in [2.45, 2.75) is 32.6 Å². The molecule has 1 heterocycles. The summed E-state index contributed by atoms with van der Waals surface area (Å²) >= 11 is 6.28. The lowest BCUT2D eigenvalue weighted by molar-refractivity contribution is 0.171. The molecule has 0 spiro atoms. The normalized spacial score (nSPS) is 13.6. The number of halogens is 1. The molecule has 0 aromatic heterocycles. The van der Waals surface area contributed by atoms with Gasteiger partial charge >= 0.3 is 0 Å². The van der Waals surface area contributed by atoms with Gasteiger partial charge in [-0.15, -0.1) is 0 Å². The van der Waals surface area contributed by atoms with E-state index in [2.05, 4.69) is 12.2 Å². The third-order valence-corrected chi connectivity index (χ3v) is 3.61. The summed E-state index contributed by atoms with van der Waals surface area (Å²) in [6, 6.07) is 3.91. The maximum Gasteiger partial charge on any atom is 0.162 e. The van der Waals surface area contributed by atoms with E-state index in [1.165, 1.54) is 12.8 Å². The molecule has 19 heavy (non-hydrogen) atoms. The van der Waals surface area contributed by atoms with Gasteiger partial charge in [0.15, 0.2) is 11.5 Å². The predicted octanol–water partition coefficient (Wildman–Crippen LogP) is 3.43. The molecule has 0 aliphatic carbocycles. The molecule has 0 saturated carbocycles. The molecule has 0 unspecified atom stereocenters. The Hall–Kier alpha value is -0.930. The molecule has 3 nitrogen and oxygen atoms in total. The molecular formula is C15H22ClNO2. The fourth-order valence-corrected chi connectivity index (χ4v) is 2.46. The van der Waals surface area contributed by atoms with Crippen LogP contribution in [0.1, 0.15) is 31.7 Å². The number of rotatable bonds is 7. The molecule has 2 rings (SSSR count). The Bertz CT molecular complexity index is 409. The van der Waals surface area contributed by atoms with Crippen LogP contribution in [0.4, 0.5) is 0 Å². The van der Waals surface area contributed by atoms with Crippen molar-refractivity contribution in [2.24, 2.45) is 0 Å². The lowest BCUT2D eigenvalue weighted by Crippen LogP contribution is -2.15. The van der Waals surface area contributed by atoms with Crippen molar-refractivity contribution in [2.75, 3.05) is 26.3 Å². The van der Waals surface area contributed by atoms with Crippen LogP contribution in [-0.2, 0) is 6.42 Å². The average molecular weight is 284 g/mol. The topological polar surface area (TPSA) is 30.5 Å². The molecule has 0 fully saturated rings. The summed E-state index contributed by atoms with van der Waals surface area (Å²) < 4.78 is 11.1. The van der Waals surface area contributed by atoms with Crippen LogP contribution in [0, 0.1) is 0 Å². The Morgan fingerprint density at radius 1 is 1.11 bits per heavy atom. The van der Waals surface area contributed by atoms with Crippen LogP contribution in [0.2, 0.25) is 5.02 Å². The minimum Gasteiger partial charge on any atom is -0.486 e. The van der Waals surface area contributed by atoms with Gasteiger partial charge in [0, 0.05) is 11.1 Å². The zero-order valence-electron chi connectivity index (χ0n) is 11.5. The Balaban J connectivity index is 1.83. The minimum atomic E-state index is 0.604. The van der Waals surface area contributed by atoms with Gasteiger partial charge in [-0.25, -0.2) is 0 Å². The first-order chi connectivity index (χ1) is 9.31. The summed E-state index contributed by atoms with van der Waals surface area (Å²) in [5, 5.41) is 4.12. The first-order valence-electron chi connectivity index (χ1n) is 7.10. The lowest BCUT2D eigenvalue weighted by atomic mass is 10.1. The first kappa shape index (κ1) is 14.5. The summed E-state index contributed by atoms with van der Waals surface area (Å²) in [6.07, 6.45) is 4.60. The summed E-state index contributed by atoms with van der Waals surface area (Å²) in [7, 11) is 0. The van der Waals surface area contributed by atoms with Crippen molar-refractivity contribution < 1.29 is 9.47 Å². The Morgan fingerprint density at radius 3 is 2.58 bits per heavy atom. The Morgan fingerprint density at radius 2 is 1.84 bits per heavy atom. The van der Waals surface area contributed by atoms with Gasteiger partial charge in [-0.05, 0) is 44.0 Å². The molecule has 0 amide bonds. The number of unbranched alkanes of at least 4 members (excludes halogenated alkanes) is 2. The third kappa shape index (κ3) is 4.29. The highest BCUT2D eigenvalue weighted by molar-refractivity contribution is 6.31. The van der Waals surface area contributed by atoms with Gasteiger partial charge in [-0.2, -0.15) is 0 Å². The molecule has 1 aliphatic heterocycles. The van der Waals surface area contributed by atoms with Crippen molar-refractivity contribution in [1.82, 2.24) is 5.32 Å². The lowest BCUT2D eigenvalue weighted by Gasteiger charge is -2.19. The third-order valence-electron chi connectivity index (χ3n) is 3.26. The predicted molar refractivity (Wildman–Crippen MR) is 78.5 cm³/mol. The number of ether oxygens (including phenoxy) is 2. The molecule has 0 radical (unpaired) electrons. The molecule has 106 valence electrons. The number of hydrogen-bond donors (Lipinski definition) is 1. The van der Waals surface area contributed by atoms with E-state index < -0.39 is 0 Å². The maximum atomic E-state index is 6.28. The fourth-order valence-electron chi connectivity index (χ4n) is 2.22. The van der Waals surface area contributed by atoms with E-state index in [1.807, 2.05) is 12.1 Å². The Kier molecular flexibility index (Phi) is 5.80. The second-order valence-electron chi connectivity index (χ2n) is 4.75. The zero-order chi connectivity index (χ0) is 13.5. The van der Waals surface area contributed by atoms with Crippen molar-refractivity contribution in [3.63, 3.8) is 0 Å². The smallest absolute Gasteiger partial charge is 0.162 e. The minimum absolute atomic E-state index is 0.604. The molecule has 0 atom stereocenters. The SMILES string of the molecule is CCNCCCCCc1cc2c(cc1Cl)OCCO2. The number of benzene rings is 1. The molecule has 1 aliphatic rings. The maximum absolute atomic E-state index is 6.28. The number of fused-ring (bicyclic) bond motifs is 1. The summed E-state index contributed by atoms with van der Waals surface area (Å²) in [5.74, 6) is 1.60. The zero-order valence-corrected chi connectivity index (χ0v) is 12.3. The first-order valence-corrected chi connectivity index (χ1v) is 7.48. The fraction of sp³-hybridized carbons (Fsp3) is 0.600. The largest absolute Gasteiger partial charge is 0.486 e. The highest BCUT2D eigenvalue weighted by Crippen LogP contribution is 2.35. The standard InChI is InChI=1S/C15H22ClNO2/c1-2-17-7-5-3-4-6-12-10-14-15(11-13(12)16)19-9-8-18-14/h10-11,17H,2-9H2,1H3. The van der Waals surface area contributed by atoms with Gasteiger partial charge in [-0.1, -0.05) is 24.9 Å². The van der Waals surface area contributed by atoms with E-state index in [9.17, 15) is 0 Å². The van der Waals surface area contributed by atoms with Crippen LogP contribution in [0.5, 0.6) is 11.5 Å². The molecule has 4 heteroatoms. The Labute approximate surface area is 120 Å². The van der Waals surface area contributed by atoms with Crippen LogP contribution >= 0.6 is 11.6 Å². The second kappa shape index (κ2) is 7.61. The van der Waals surface area contributed by atoms with Crippen LogP contribution in [-0.4, -0.2) is 26.3 Å². The van der Waals surface area contributed by atoms with E-state index in [0.29, 0.717) is 13.2 Å². The number of hydrogen-bond acceptors (Lipinski definition) is 3. The summed E-state index contributed by atoms with van der Waals surface area (Å²) in [4.78, 5) is 0. The molecule has 0 saturated heterocycles. The summed E-state index contributed by atoms with van der Waals surface area (Å²) in [6.45, 7) is 5.51. The second-order valence-corrected chi connectivity index (χ2v) is 5.16. The van der Waals surface area contributed by atoms with E-state index in [1.54, 1.807) is 0 Å². The van der Waals surface area contributed by atoms with Crippen LogP contribution < -0.4 is 14.8 Å². The van der Waals surface area contributed by atoms with Crippen molar-refractivity contribution >= 4 is 11.6 Å². The highest BCUT2D eigenvalue weighted by Gasteiger charge is 2.14. The van der Waals surface area contributed by atoms with Crippen LogP contribution in [0.3, 0.4) is 0 Å².